The van der Waals surface area contributed by atoms with E-state index >= 15 is 0 Å². The number of halogens is 2. The van der Waals surface area contributed by atoms with Crippen LogP contribution in [-0.4, -0.2) is 8.07 Å². The molecule has 0 nitrogen and oxygen atoms in total. The number of fused-ring (bicyclic) bond motifs is 1. The maximum absolute atomic E-state index is 3.59. The number of hydrogen-bond donors (Lipinski definition) is 0. The van der Waals surface area contributed by atoms with E-state index in [9.17, 15) is 0 Å². The van der Waals surface area contributed by atoms with E-state index in [-0.39, 0.29) is 0 Å². The van der Waals surface area contributed by atoms with Gasteiger partial charge in [-0.05, 0) is 39.7 Å². The molecule has 96 valence electrons. The molecule has 0 atom stereocenters. The maximum atomic E-state index is 3.59. The first-order valence-corrected chi connectivity index (χ1v) is 10.9. The summed E-state index contributed by atoms with van der Waals surface area (Å²) in [6.07, 6.45) is 2.37. The van der Waals surface area contributed by atoms with Gasteiger partial charge in [-0.3, -0.25) is 0 Å². The van der Waals surface area contributed by atoms with E-state index in [0.29, 0.717) is 0 Å². The van der Waals surface area contributed by atoms with Crippen molar-refractivity contribution >= 4 is 56.4 Å². The zero-order valence-electron chi connectivity index (χ0n) is 10.9. The summed E-state index contributed by atoms with van der Waals surface area (Å²) in [6, 6.07) is 15.3. The molecule has 0 aromatic heterocycles. The summed E-state index contributed by atoms with van der Waals surface area (Å²) in [7, 11) is -1.56. The van der Waals surface area contributed by atoms with Crippen LogP contribution in [0.25, 0.3) is 11.3 Å². The van der Waals surface area contributed by atoms with Crippen LogP contribution in [0.2, 0.25) is 13.1 Å². The van der Waals surface area contributed by atoms with Crippen molar-refractivity contribution < 1.29 is 0 Å². The van der Waals surface area contributed by atoms with Crippen molar-refractivity contribution in [3.8, 4) is 0 Å². The fourth-order valence-corrected chi connectivity index (χ4v) is 7.18. The summed E-state index contributed by atoms with van der Waals surface area (Å²) in [4.78, 5) is 0. The Morgan fingerprint density at radius 1 is 0.895 bits per heavy atom. The van der Waals surface area contributed by atoms with Gasteiger partial charge in [-0.15, -0.1) is 0 Å². The van der Waals surface area contributed by atoms with Crippen LogP contribution in [-0.2, 0) is 0 Å². The van der Waals surface area contributed by atoms with E-state index in [2.05, 4.69) is 93.5 Å². The highest BCUT2D eigenvalue weighted by Gasteiger charge is 2.35. The zero-order chi connectivity index (χ0) is 13.6. The van der Waals surface area contributed by atoms with E-state index in [1.807, 2.05) is 0 Å². The van der Waals surface area contributed by atoms with Crippen molar-refractivity contribution in [1.29, 1.82) is 0 Å². The Bertz CT molecular complexity index is 667. The molecule has 3 heteroatoms. The van der Waals surface area contributed by atoms with Crippen molar-refractivity contribution in [2.45, 2.75) is 13.1 Å². The minimum Gasteiger partial charge on any atom is -0.0623 e. The Labute approximate surface area is 131 Å². The molecule has 0 N–H and O–H groups in total. The Hall–Kier alpha value is -0.643. The van der Waals surface area contributed by atoms with Gasteiger partial charge >= 0.3 is 0 Å². The van der Waals surface area contributed by atoms with Gasteiger partial charge < -0.3 is 0 Å². The van der Waals surface area contributed by atoms with Gasteiger partial charge in [0.25, 0.3) is 0 Å². The lowest BCUT2D eigenvalue weighted by Gasteiger charge is -2.22. The van der Waals surface area contributed by atoms with Gasteiger partial charge in [0.05, 0.1) is 0 Å². The van der Waals surface area contributed by atoms with Gasteiger partial charge in [-0.1, -0.05) is 75.3 Å². The topological polar surface area (TPSA) is 0 Å². The number of hydrogen-bond acceptors (Lipinski definition) is 0. The number of rotatable bonds is 1. The average molecular weight is 394 g/mol. The molecule has 1 heterocycles. The summed E-state index contributed by atoms with van der Waals surface area (Å²) >= 11 is 7.18. The fourth-order valence-electron chi connectivity index (χ4n) is 2.83. The molecule has 1 aliphatic heterocycles. The Balaban J connectivity index is 2.18. The molecule has 0 bridgehead atoms. The minimum atomic E-state index is -1.56. The standard InChI is InChI=1S/C16H14Br2Si/c1-19(2)15-6-4-3-5-11(15)9-16(19)12-7-13(17)10-14(18)8-12/h3-10H,1-2H3. The van der Waals surface area contributed by atoms with Crippen molar-refractivity contribution in [2.75, 3.05) is 0 Å². The molecule has 0 unspecified atom stereocenters. The summed E-state index contributed by atoms with van der Waals surface area (Å²) in [6.45, 7) is 4.86. The van der Waals surface area contributed by atoms with Crippen LogP contribution >= 0.6 is 31.9 Å². The minimum absolute atomic E-state index is 1.12. The SMILES string of the molecule is C[Si]1(C)C(c2cc(Br)cc(Br)c2)=Cc2ccccc21. The largest absolute Gasteiger partial charge is 0.113 e. The van der Waals surface area contributed by atoms with Gasteiger partial charge in [-0.2, -0.15) is 0 Å². The fraction of sp³-hybridized carbons (Fsp3) is 0.125. The van der Waals surface area contributed by atoms with Gasteiger partial charge in [0.15, 0.2) is 0 Å². The summed E-state index contributed by atoms with van der Waals surface area (Å²) < 4.78 is 2.25. The Morgan fingerprint density at radius 2 is 1.53 bits per heavy atom. The highest BCUT2D eigenvalue weighted by molar-refractivity contribution is 9.11. The molecule has 2 aromatic carbocycles. The van der Waals surface area contributed by atoms with Crippen molar-refractivity contribution in [1.82, 2.24) is 0 Å². The molecule has 0 saturated heterocycles. The summed E-state index contributed by atoms with van der Waals surface area (Å²) in [5, 5.41) is 3.05. The monoisotopic (exact) mass is 392 g/mol. The first kappa shape index (κ1) is 13.3. The average Bonchev–Trinajstić information content (AvgIpc) is 2.61. The van der Waals surface area contributed by atoms with E-state index < -0.39 is 8.07 Å². The molecule has 0 fully saturated rings. The van der Waals surface area contributed by atoms with Crippen LogP contribution < -0.4 is 5.19 Å². The lowest BCUT2D eigenvalue weighted by molar-refractivity contribution is 1.55. The normalized spacial score (nSPS) is 16.1. The molecule has 0 aliphatic carbocycles. The number of benzene rings is 2. The third-order valence-electron chi connectivity index (χ3n) is 3.78. The maximum Gasteiger partial charge on any atom is 0.113 e. The van der Waals surface area contributed by atoms with E-state index in [1.54, 1.807) is 5.19 Å². The van der Waals surface area contributed by atoms with Crippen LogP contribution in [0.4, 0.5) is 0 Å². The van der Waals surface area contributed by atoms with E-state index in [4.69, 9.17) is 0 Å². The molecule has 0 radical (unpaired) electrons. The van der Waals surface area contributed by atoms with E-state index in [0.717, 1.165) is 8.95 Å². The molecule has 0 amide bonds. The third-order valence-corrected chi connectivity index (χ3v) is 8.28. The highest BCUT2D eigenvalue weighted by Crippen LogP contribution is 2.36. The lowest BCUT2D eigenvalue weighted by Crippen LogP contribution is -2.40. The molecule has 1 aliphatic rings. The predicted octanol–water partition coefficient (Wildman–Crippen LogP) is 5.22. The van der Waals surface area contributed by atoms with Crippen molar-refractivity contribution in [3.05, 3.63) is 62.5 Å². The van der Waals surface area contributed by atoms with E-state index in [1.165, 1.54) is 16.3 Å². The second-order valence-electron chi connectivity index (χ2n) is 5.43. The second-order valence-corrected chi connectivity index (χ2v) is 11.6. The second kappa shape index (κ2) is 4.72. The Kier molecular flexibility index (Phi) is 3.32. The molecule has 3 rings (SSSR count). The van der Waals surface area contributed by atoms with Gasteiger partial charge in [-0.25, -0.2) is 0 Å². The van der Waals surface area contributed by atoms with Crippen LogP contribution in [0.5, 0.6) is 0 Å². The van der Waals surface area contributed by atoms with Gasteiger partial charge in [0.1, 0.15) is 8.07 Å². The van der Waals surface area contributed by atoms with Crippen LogP contribution in [0, 0.1) is 0 Å². The van der Waals surface area contributed by atoms with Crippen LogP contribution in [0.3, 0.4) is 0 Å². The molecular weight excluding hydrogens is 380 g/mol. The van der Waals surface area contributed by atoms with Crippen LogP contribution in [0.15, 0.2) is 51.4 Å². The zero-order valence-corrected chi connectivity index (χ0v) is 15.0. The smallest absolute Gasteiger partial charge is 0.0623 e. The van der Waals surface area contributed by atoms with Crippen LogP contribution in [0.1, 0.15) is 11.1 Å². The van der Waals surface area contributed by atoms with Crippen molar-refractivity contribution in [3.63, 3.8) is 0 Å². The molecule has 0 spiro atoms. The molecule has 0 saturated carbocycles. The third kappa shape index (κ3) is 2.28. The quantitative estimate of drug-likeness (QED) is 0.582. The first-order chi connectivity index (χ1) is 8.98. The van der Waals surface area contributed by atoms with Gasteiger partial charge in [0.2, 0.25) is 0 Å². The molecule has 19 heavy (non-hydrogen) atoms. The molecule has 2 aromatic rings. The highest BCUT2D eigenvalue weighted by atomic mass is 79.9. The molecular formula is C16H14Br2Si. The predicted molar refractivity (Wildman–Crippen MR) is 93.3 cm³/mol. The first-order valence-electron chi connectivity index (χ1n) is 6.26. The lowest BCUT2D eigenvalue weighted by atomic mass is 10.1. The Morgan fingerprint density at radius 3 is 2.16 bits per heavy atom. The summed E-state index contributed by atoms with van der Waals surface area (Å²) in [5.74, 6) is 0. The summed E-state index contributed by atoms with van der Waals surface area (Å²) in [5.41, 5.74) is 2.72. The van der Waals surface area contributed by atoms with Gasteiger partial charge in [0, 0.05) is 8.95 Å². The van der Waals surface area contributed by atoms with Crippen molar-refractivity contribution in [2.24, 2.45) is 0 Å².